The Kier molecular flexibility index (Phi) is 2.74. The third-order valence-corrected chi connectivity index (χ3v) is 3.66. The Morgan fingerprint density at radius 1 is 1.31 bits per heavy atom. The SMILES string of the molecule is CC[S@](=N)(=O)c1nnc(-c2ccccc2)o1. The van der Waals surface area contributed by atoms with Crippen LogP contribution >= 0.6 is 0 Å². The van der Waals surface area contributed by atoms with Crippen molar-refractivity contribution in [1.82, 2.24) is 10.2 Å². The van der Waals surface area contributed by atoms with Gasteiger partial charge in [0.15, 0.2) is 0 Å². The number of rotatable bonds is 3. The van der Waals surface area contributed by atoms with Gasteiger partial charge in [-0.05, 0) is 12.1 Å². The fourth-order valence-electron chi connectivity index (χ4n) is 1.16. The van der Waals surface area contributed by atoms with Gasteiger partial charge in [-0.1, -0.05) is 30.2 Å². The topological polar surface area (TPSA) is 79.8 Å². The lowest BCUT2D eigenvalue weighted by atomic mass is 10.2. The van der Waals surface area contributed by atoms with Gasteiger partial charge >= 0.3 is 5.22 Å². The summed E-state index contributed by atoms with van der Waals surface area (Å²) < 4.78 is 24.4. The van der Waals surface area contributed by atoms with E-state index < -0.39 is 9.73 Å². The van der Waals surface area contributed by atoms with E-state index in [1.54, 1.807) is 6.92 Å². The predicted octanol–water partition coefficient (Wildman–Crippen LogP) is 2.16. The zero-order valence-corrected chi connectivity index (χ0v) is 9.53. The fourth-order valence-corrected chi connectivity index (χ4v) is 1.80. The molecule has 0 aliphatic carbocycles. The van der Waals surface area contributed by atoms with Gasteiger partial charge in [-0.25, -0.2) is 8.99 Å². The number of hydrogen-bond acceptors (Lipinski definition) is 5. The maximum Gasteiger partial charge on any atom is 0.316 e. The zero-order chi connectivity index (χ0) is 11.6. The number of benzene rings is 1. The quantitative estimate of drug-likeness (QED) is 0.887. The lowest BCUT2D eigenvalue weighted by molar-refractivity contribution is 0.453. The molecule has 0 saturated carbocycles. The van der Waals surface area contributed by atoms with Gasteiger partial charge in [-0.15, -0.1) is 5.10 Å². The summed E-state index contributed by atoms with van der Waals surface area (Å²) in [6.07, 6.45) is 0. The number of nitrogens with zero attached hydrogens (tertiary/aromatic N) is 2. The first-order valence-corrected chi connectivity index (χ1v) is 6.51. The standard InChI is InChI=1S/C10H11N3O2S/c1-2-16(11,14)10-13-12-9(15-10)8-6-4-3-5-7-8/h3-7,11H,2H2,1H3/t16-/m0/s1. The van der Waals surface area contributed by atoms with E-state index in [-0.39, 0.29) is 11.0 Å². The van der Waals surface area contributed by atoms with Gasteiger partial charge in [0.05, 0.1) is 0 Å². The maximum atomic E-state index is 11.7. The second kappa shape index (κ2) is 4.05. The molecule has 16 heavy (non-hydrogen) atoms. The highest BCUT2D eigenvalue weighted by Crippen LogP contribution is 2.19. The van der Waals surface area contributed by atoms with Crippen LogP contribution in [-0.2, 0) is 9.73 Å². The van der Waals surface area contributed by atoms with E-state index in [0.29, 0.717) is 5.89 Å². The molecule has 5 nitrogen and oxygen atoms in total. The Balaban J connectivity index is 2.42. The van der Waals surface area contributed by atoms with Crippen molar-refractivity contribution < 1.29 is 8.63 Å². The van der Waals surface area contributed by atoms with E-state index in [2.05, 4.69) is 10.2 Å². The Hall–Kier alpha value is -1.69. The molecule has 0 aliphatic rings. The molecule has 1 aromatic heterocycles. The van der Waals surface area contributed by atoms with Crippen LogP contribution in [0, 0.1) is 4.78 Å². The van der Waals surface area contributed by atoms with E-state index in [1.807, 2.05) is 30.3 Å². The maximum absolute atomic E-state index is 11.7. The van der Waals surface area contributed by atoms with Gasteiger partial charge in [0, 0.05) is 11.3 Å². The van der Waals surface area contributed by atoms with Crippen LogP contribution in [0.1, 0.15) is 6.92 Å². The molecule has 0 radical (unpaired) electrons. The van der Waals surface area contributed by atoms with Crippen LogP contribution in [0.25, 0.3) is 11.5 Å². The Morgan fingerprint density at radius 3 is 2.62 bits per heavy atom. The molecule has 0 bridgehead atoms. The molecule has 6 heteroatoms. The molecule has 1 N–H and O–H groups in total. The van der Waals surface area contributed by atoms with Crippen molar-refractivity contribution in [3.05, 3.63) is 30.3 Å². The zero-order valence-electron chi connectivity index (χ0n) is 8.71. The normalized spacial score (nSPS) is 14.6. The molecule has 84 valence electrons. The number of nitrogens with one attached hydrogen (secondary N) is 1. The van der Waals surface area contributed by atoms with E-state index >= 15 is 0 Å². The molecular weight excluding hydrogens is 226 g/mol. The summed E-state index contributed by atoms with van der Waals surface area (Å²) in [4.78, 5) is 0. The van der Waals surface area contributed by atoms with E-state index in [1.165, 1.54) is 0 Å². The minimum atomic E-state index is -2.93. The van der Waals surface area contributed by atoms with Crippen LogP contribution in [0.15, 0.2) is 40.0 Å². The summed E-state index contributed by atoms with van der Waals surface area (Å²) >= 11 is 0. The average Bonchev–Trinajstić information content (AvgIpc) is 2.80. The number of aromatic nitrogens is 2. The largest absolute Gasteiger partial charge is 0.409 e. The number of hydrogen-bond donors (Lipinski definition) is 1. The fraction of sp³-hybridized carbons (Fsp3) is 0.200. The Bertz CT molecular complexity index is 575. The summed E-state index contributed by atoms with van der Waals surface area (Å²) in [7, 11) is -2.93. The van der Waals surface area contributed by atoms with Gasteiger partial charge in [-0.2, -0.15) is 0 Å². The van der Waals surface area contributed by atoms with Gasteiger partial charge < -0.3 is 4.42 Å². The summed E-state index contributed by atoms with van der Waals surface area (Å²) in [5.41, 5.74) is 0.757. The average molecular weight is 237 g/mol. The third kappa shape index (κ3) is 1.96. The predicted molar refractivity (Wildman–Crippen MR) is 59.4 cm³/mol. The second-order valence-electron chi connectivity index (χ2n) is 3.20. The van der Waals surface area contributed by atoms with Gasteiger partial charge in [0.1, 0.15) is 9.73 Å². The van der Waals surface area contributed by atoms with E-state index in [4.69, 9.17) is 9.20 Å². The van der Waals surface area contributed by atoms with Crippen LogP contribution in [0.4, 0.5) is 0 Å². The lowest BCUT2D eigenvalue weighted by Gasteiger charge is -1.95. The van der Waals surface area contributed by atoms with Crippen LogP contribution in [0.5, 0.6) is 0 Å². The first-order valence-electron chi connectivity index (χ1n) is 4.79. The minimum Gasteiger partial charge on any atom is -0.409 e. The van der Waals surface area contributed by atoms with Crippen molar-refractivity contribution in [2.75, 3.05) is 5.75 Å². The van der Waals surface area contributed by atoms with Crippen LogP contribution in [0.2, 0.25) is 0 Å². The molecule has 0 fully saturated rings. The first-order chi connectivity index (χ1) is 7.63. The molecule has 1 aromatic carbocycles. The molecule has 2 aromatic rings. The molecular formula is C10H11N3O2S. The highest BCUT2D eigenvalue weighted by molar-refractivity contribution is 7.92. The molecule has 0 aliphatic heterocycles. The van der Waals surface area contributed by atoms with Crippen molar-refractivity contribution in [2.45, 2.75) is 12.1 Å². The van der Waals surface area contributed by atoms with Crippen molar-refractivity contribution in [3.8, 4) is 11.5 Å². The van der Waals surface area contributed by atoms with Gasteiger partial charge in [0.25, 0.3) is 0 Å². The van der Waals surface area contributed by atoms with Crippen molar-refractivity contribution in [3.63, 3.8) is 0 Å². The monoisotopic (exact) mass is 237 g/mol. The van der Waals surface area contributed by atoms with Gasteiger partial charge in [-0.3, -0.25) is 0 Å². The van der Waals surface area contributed by atoms with Crippen LogP contribution in [-0.4, -0.2) is 20.2 Å². The van der Waals surface area contributed by atoms with Crippen molar-refractivity contribution in [1.29, 1.82) is 4.78 Å². The summed E-state index contributed by atoms with van der Waals surface area (Å²) in [6, 6.07) is 9.19. The van der Waals surface area contributed by atoms with Crippen molar-refractivity contribution >= 4 is 9.73 Å². The minimum absolute atomic E-state index is 0.103. The smallest absolute Gasteiger partial charge is 0.316 e. The highest BCUT2D eigenvalue weighted by Gasteiger charge is 2.16. The Labute approximate surface area is 93.5 Å². The van der Waals surface area contributed by atoms with Crippen molar-refractivity contribution in [2.24, 2.45) is 0 Å². The summed E-state index contributed by atoms with van der Waals surface area (Å²) in [5.74, 6) is 0.465. The second-order valence-corrected chi connectivity index (χ2v) is 5.48. The molecule has 0 spiro atoms. The highest BCUT2D eigenvalue weighted by atomic mass is 32.2. The molecule has 0 saturated heterocycles. The molecule has 2 rings (SSSR count). The molecule has 1 atom stereocenters. The lowest BCUT2D eigenvalue weighted by Crippen LogP contribution is -2.01. The summed E-state index contributed by atoms with van der Waals surface area (Å²) in [5, 5.41) is 7.34. The van der Waals surface area contributed by atoms with Crippen LogP contribution in [0.3, 0.4) is 0 Å². The molecule has 1 heterocycles. The first kappa shape index (κ1) is 10.8. The van der Waals surface area contributed by atoms with E-state index in [0.717, 1.165) is 5.56 Å². The molecule has 0 amide bonds. The molecule has 0 unspecified atom stereocenters. The van der Waals surface area contributed by atoms with Crippen LogP contribution < -0.4 is 0 Å². The summed E-state index contributed by atoms with van der Waals surface area (Å²) in [6.45, 7) is 1.65. The van der Waals surface area contributed by atoms with E-state index in [9.17, 15) is 4.21 Å². The third-order valence-electron chi connectivity index (χ3n) is 2.12. The Morgan fingerprint density at radius 2 is 2.00 bits per heavy atom. The van der Waals surface area contributed by atoms with Gasteiger partial charge in [0.2, 0.25) is 5.89 Å².